The molecule has 3 rings (SSSR count). The molecular formula is C15H21N3. The Kier molecular flexibility index (Phi) is 3.10. The van der Waals surface area contributed by atoms with Crippen LogP contribution in [0.2, 0.25) is 0 Å². The highest BCUT2D eigenvalue weighted by Crippen LogP contribution is 2.25. The van der Waals surface area contributed by atoms with Gasteiger partial charge >= 0.3 is 0 Å². The van der Waals surface area contributed by atoms with Gasteiger partial charge < -0.3 is 9.88 Å². The first-order valence-corrected chi connectivity index (χ1v) is 6.73. The molecule has 0 radical (unpaired) electrons. The highest BCUT2D eigenvalue weighted by Gasteiger charge is 2.16. The maximum Gasteiger partial charge on any atom is 0.0483 e. The number of hydrogen-bond acceptors (Lipinski definition) is 2. The molecule has 3 heteroatoms. The van der Waals surface area contributed by atoms with Gasteiger partial charge in [-0.1, -0.05) is 18.2 Å². The number of nitrogens with one attached hydrogen (secondary N) is 1. The highest BCUT2D eigenvalue weighted by molar-refractivity contribution is 5.85. The van der Waals surface area contributed by atoms with Crippen LogP contribution < -0.4 is 5.32 Å². The second kappa shape index (κ2) is 4.75. The molecule has 3 nitrogen and oxygen atoms in total. The molecule has 2 aromatic rings. The molecule has 18 heavy (non-hydrogen) atoms. The van der Waals surface area contributed by atoms with Crippen LogP contribution in [0.25, 0.3) is 10.9 Å². The Balaban J connectivity index is 1.95. The van der Waals surface area contributed by atoms with Gasteiger partial charge in [0.1, 0.15) is 0 Å². The first-order chi connectivity index (χ1) is 8.77. The lowest BCUT2D eigenvalue weighted by atomic mass is 10.1. The first kappa shape index (κ1) is 11.8. The lowest BCUT2D eigenvalue weighted by molar-refractivity contribution is 0.228. The molecule has 1 aliphatic rings. The molecule has 0 spiro atoms. The van der Waals surface area contributed by atoms with Crippen LogP contribution in [-0.2, 0) is 13.6 Å². The van der Waals surface area contributed by atoms with Crippen molar-refractivity contribution in [3.8, 4) is 0 Å². The van der Waals surface area contributed by atoms with Crippen LogP contribution in [0, 0.1) is 6.92 Å². The Labute approximate surface area is 108 Å². The van der Waals surface area contributed by atoms with Crippen LogP contribution in [0.15, 0.2) is 24.3 Å². The standard InChI is InChI=1S/C15H21N3/c1-12-13-5-3-4-6-14(13)17(2)15(12)11-18-9-7-16-8-10-18/h3-6,16H,7-11H2,1-2H3. The number of aryl methyl sites for hydroxylation is 2. The Morgan fingerprint density at radius 2 is 1.89 bits per heavy atom. The summed E-state index contributed by atoms with van der Waals surface area (Å²) in [4.78, 5) is 2.54. The number of aromatic nitrogens is 1. The summed E-state index contributed by atoms with van der Waals surface area (Å²) >= 11 is 0. The van der Waals surface area contributed by atoms with Crippen LogP contribution in [0.5, 0.6) is 0 Å². The number of benzene rings is 1. The molecule has 0 amide bonds. The Morgan fingerprint density at radius 1 is 1.17 bits per heavy atom. The molecule has 0 bridgehead atoms. The van der Waals surface area contributed by atoms with Gasteiger partial charge in [0.05, 0.1) is 0 Å². The number of rotatable bonds is 2. The van der Waals surface area contributed by atoms with Crippen molar-refractivity contribution in [2.24, 2.45) is 7.05 Å². The van der Waals surface area contributed by atoms with Gasteiger partial charge in [0.25, 0.3) is 0 Å². The number of para-hydroxylation sites is 1. The number of hydrogen-bond donors (Lipinski definition) is 1. The average molecular weight is 243 g/mol. The largest absolute Gasteiger partial charge is 0.346 e. The monoisotopic (exact) mass is 243 g/mol. The third-order valence-electron chi connectivity index (χ3n) is 4.09. The second-order valence-electron chi connectivity index (χ2n) is 5.17. The van der Waals surface area contributed by atoms with Crippen molar-refractivity contribution < 1.29 is 0 Å². The predicted octanol–water partition coefficient (Wildman–Crippen LogP) is 1.89. The van der Waals surface area contributed by atoms with Crippen molar-refractivity contribution in [2.45, 2.75) is 13.5 Å². The molecule has 0 atom stereocenters. The lowest BCUT2D eigenvalue weighted by Crippen LogP contribution is -2.43. The van der Waals surface area contributed by atoms with Gasteiger partial charge in [-0.3, -0.25) is 4.90 Å². The zero-order valence-electron chi connectivity index (χ0n) is 11.2. The molecule has 1 saturated heterocycles. The van der Waals surface area contributed by atoms with E-state index in [-0.39, 0.29) is 0 Å². The average Bonchev–Trinajstić information content (AvgIpc) is 2.66. The molecule has 1 aromatic carbocycles. The third-order valence-corrected chi connectivity index (χ3v) is 4.09. The van der Waals surface area contributed by atoms with Crippen LogP contribution in [-0.4, -0.2) is 35.6 Å². The SMILES string of the molecule is Cc1c(CN2CCNCC2)n(C)c2ccccc12. The molecule has 1 aliphatic heterocycles. The van der Waals surface area contributed by atoms with Crippen LogP contribution >= 0.6 is 0 Å². The Bertz CT molecular complexity index is 511. The molecule has 0 saturated carbocycles. The molecule has 2 heterocycles. The summed E-state index contributed by atoms with van der Waals surface area (Å²) in [6.07, 6.45) is 0. The van der Waals surface area contributed by atoms with Crippen molar-refractivity contribution >= 4 is 10.9 Å². The summed E-state index contributed by atoms with van der Waals surface area (Å²) in [5, 5.41) is 4.80. The zero-order valence-corrected chi connectivity index (χ0v) is 11.2. The van der Waals surface area contributed by atoms with E-state index < -0.39 is 0 Å². The first-order valence-electron chi connectivity index (χ1n) is 6.73. The van der Waals surface area contributed by atoms with Gasteiger partial charge in [-0.05, 0) is 18.6 Å². The predicted molar refractivity (Wildman–Crippen MR) is 75.8 cm³/mol. The van der Waals surface area contributed by atoms with E-state index in [0.29, 0.717) is 0 Å². The molecular weight excluding hydrogens is 222 g/mol. The van der Waals surface area contributed by atoms with E-state index in [1.54, 1.807) is 0 Å². The quantitative estimate of drug-likeness (QED) is 0.869. The third kappa shape index (κ3) is 1.93. The van der Waals surface area contributed by atoms with Crippen molar-refractivity contribution in [3.63, 3.8) is 0 Å². The van der Waals surface area contributed by atoms with E-state index >= 15 is 0 Å². The molecule has 0 aliphatic carbocycles. The van der Waals surface area contributed by atoms with E-state index in [2.05, 4.69) is 53.0 Å². The highest BCUT2D eigenvalue weighted by atomic mass is 15.2. The topological polar surface area (TPSA) is 20.2 Å². The molecule has 1 N–H and O–H groups in total. The summed E-state index contributed by atoms with van der Waals surface area (Å²) in [5.41, 5.74) is 4.24. The van der Waals surface area contributed by atoms with Crippen molar-refractivity contribution in [3.05, 3.63) is 35.5 Å². The van der Waals surface area contributed by atoms with Gasteiger partial charge in [0.2, 0.25) is 0 Å². The van der Waals surface area contributed by atoms with Crippen molar-refractivity contribution in [1.29, 1.82) is 0 Å². The Hall–Kier alpha value is -1.32. The number of piperazine rings is 1. The fourth-order valence-corrected chi connectivity index (χ4v) is 2.94. The normalized spacial score (nSPS) is 17.4. The molecule has 1 fully saturated rings. The minimum absolute atomic E-state index is 1.07. The minimum Gasteiger partial charge on any atom is -0.346 e. The van der Waals surface area contributed by atoms with Crippen molar-refractivity contribution in [1.82, 2.24) is 14.8 Å². The van der Waals surface area contributed by atoms with Gasteiger partial charge in [-0.2, -0.15) is 0 Å². The Morgan fingerprint density at radius 3 is 2.61 bits per heavy atom. The lowest BCUT2D eigenvalue weighted by Gasteiger charge is -2.27. The summed E-state index contributed by atoms with van der Waals surface area (Å²) in [6.45, 7) is 7.85. The zero-order chi connectivity index (χ0) is 12.5. The van der Waals surface area contributed by atoms with Gasteiger partial charge in [0, 0.05) is 56.4 Å². The van der Waals surface area contributed by atoms with Crippen LogP contribution in [0.1, 0.15) is 11.3 Å². The fraction of sp³-hybridized carbons (Fsp3) is 0.467. The van der Waals surface area contributed by atoms with Gasteiger partial charge in [0.15, 0.2) is 0 Å². The number of fused-ring (bicyclic) bond motifs is 1. The molecule has 1 aromatic heterocycles. The summed E-state index contributed by atoms with van der Waals surface area (Å²) in [7, 11) is 2.19. The summed E-state index contributed by atoms with van der Waals surface area (Å²) in [6, 6.07) is 8.69. The number of nitrogens with zero attached hydrogens (tertiary/aromatic N) is 2. The maximum absolute atomic E-state index is 3.41. The minimum atomic E-state index is 1.07. The van der Waals surface area contributed by atoms with Crippen LogP contribution in [0.3, 0.4) is 0 Å². The smallest absolute Gasteiger partial charge is 0.0483 e. The van der Waals surface area contributed by atoms with Gasteiger partial charge in [-0.15, -0.1) is 0 Å². The fourth-order valence-electron chi connectivity index (χ4n) is 2.94. The van der Waals surface area contributed by atoms with Crippen molar-refractivity contribution in [2.75, 3.05) is 26.2 Å². The second-order valence-corrected chi connectivity index (χ2v) is 5.17. The van der Waals surface area contributed by atoms with E-state index in [4.69, 9.17) is 0 Å². The maximum atomic E-state index is 3.41. The molecule has 96 valence electrons. The van der Waals surface area contributed by atoms with Crippen LogP contribution in [0.4, 0.5) is 0 Å². The molecule has 0 unspecified atom stereocenters. The summed E-state index contributed by atoms with van der Waals surface area (Å²) in [5.74, 6) is 0. The van der Waals surface area contributed by atoms with E-state index in [1.807, 2.05) is 0 Å². The van der Waals surface area contributed by atoms with E-state index in [9.17, 15) is 0 Å². The summed E-state index contributed by atoms with van der Waals surface area (Å²) < 4.78 is 2.35. The van der Waals surface area contributed by atoms with Gasteiger partial charge in [-0.25, -0.2) is 0 Å². The van der Waals surface area contributed by atoms with E-state index in [1.165, 1.54) is 22.2 Å². The van der Waals surface area contributed by atoms with E-state index in [0.717, 1.165) is 32.7 Å².